The second-order valence-electron chi connectivity index (χ2n) is 5.80. The van der Waals surface area contributed by atoms with Crippen molar-refractivity contribution in [2.75, 3.05) is 7.11 Å². The Morgan fingerprint density at radius 2 is 1.94 bits per heavy atom. The van der Waals surface area contributed by atoms with Crippen molar-refractivity contribution < 1.29 is 14.3 Å². The molecule has 0 aliphatic heterocycles. The van der Waals surface area contributed by atoms with Crippen LogP contribution in [-0.2, 0) is 14.3 Å². The van der Waals surface area contributed by atoms with E-state index in [9.17, 15) is 9.59 Å². The number of methoxy groups -OCH3 is 1. The standard InChI is InChI=1S/C13H19NO3/c1-8-11(2,3)13(10(16)17-4)6-5-12(8,7-13)9(14)15/h1,5-7H2,2-4H3,(H2,14,15). The molecule has 2 aliphatic carbocycles. The fraction of sp³-hybridized carbons (Fsp3) is 0.692. The summed E-state index contributed by atoms with van der Waals surface area (Å²) in [6.45, 7) is 7.95. The molecule has 2 aliphatic rings. The second kappa shape index (κ2) is 3.12. The molecule has 0 radical (unpaired) electrons. The molecule has 0 aromatic rings. The van der Waals surface area contributed by atoms with Gasteiger partial charge in [-0.1, -0.05) is 26.0 Å². The Hall–Kier alpha value is -1.32. The van der Waals surface area contributed by atoms with E-state index < -0.39 is 16.2 Å². The Balaban J connectivity index is 2.57. The summed E-state index contributed by atoms with van der Waals surface area (Å²) in [5, 5.41) is 0. The largest absolute Gasteiger partial charge is 0.469 e. The summed E-state index contributed by atoms with van der Waals surface area (Å²) < 4.78 is 4.93. The lowest BCUT2D eigenvalue weighted by Gasteiger charge is -2.42. The molecule has 4 nitrogen and oxygen atoms in total. The first-order chi connectivity index (χ1) is 7.74. The molecule has 0 saturated heterocycles. The highest BCUT2D eigenvalue weighted by atomic mass is 16.5. The molecule has 0 heterocycles. The number of carbonyl (C=O) groups is 2. The molecule has 1 amide bonds. The highest BCUT2D eigenvalue weighted by Gasteiger charge is 2.71. The van der Waals surface area contributed by atoms with E-state index in [0.717, 1.165) is 5.57 Å². The van der Waals surface area contributed by atoms with Gasteiger partial charge in [-0.2, -0.15) is 0 Å². The van der Waals surface area contributed by atoms with Gasteiger partial charge < -0.3 is 10.5 Å². The van der Waals surface area contributed by atoms with Crippen LogP contribution in [0.2, 0.25) is 0 Å². The van der Waals surface area contributed by atoms with Crippen molar-refractivity contribution in [3.63, 3.8) is 0 Å². The highest BCUT2D eigenvalue weighted by molar-refractivity contribution is 5.91. The number of fused-ring (bicyclic) bond motifs is 2. The van der Waals surface area contributed by atoms with E-state index in [1.807, 2.05) is 13.8 Å². The van der Waals surface area contributed by atoms with Crippen molar-refractivity contribution in [1.82, 2.24) is 0 Å². The summed E-state index contributed by atoms with van der Waals surface area (Å²) in [5.74, 6) is -0.608. The van der Waals surface area contributed by atoms with Gasteiger partial charge in [0.15, 0.2) is 0 Å². The van der Waals surface area contributed by atoms with Crippen molar-refractivity contribution in [1.29, 1.82) is 0 Å². The van der Waals surface area contributed by atoms with Crippen LogP contribution in [0.25, 0.3) is 0 Å². The lowest BCUT2D eigenvalue weighted by molar-refractivity contribution is -0.157. The maximum absolute atomic E-state index is 12.1. The van der Waals surface area contributed by atoms with Crippen LogP contribution in [0.5, 0.6) is 0 Å². The zero-order valence-electron chi connectivity index (χ0n) is 10.6. The van der Waals surface area contributed by atoms with Crippen LogP contribution >= 0.6 is 0 Å². The van der Waals surface area contributed by atoms with Crippen LogP contribution in [0.1, 0.15) is 33.1 Å². The van der Waals surface area contributed by atoms with E-state index in [-0.39, 0.29) is 11.9 Å². The van der Waals surface area contributed by atoms with E-state index in [1.54, 1.807) is 0 Å². The van der Waals surface area contributed by atoms with Gasteiger partial charge in [0, 0.05) is 5.41 Å². The first-order valence-corrected chi connectivity index (χ1v) is 5.83. The number of primary amides is 1. The third kappa shape index (κ3) is 1.08. The number of hydrogen-bond donors (Lipinski definition) is 1. The average Bonchev–Trinajstić information content (AvgIpc) is 2.75. The van der Waals surface area contributed by atoms with Crippen LogP contribution in [0.15, 0.2) is 12.2 Å². The van der Waals surface area contributed by atoms with Gasteiger partial charge in [-0.15, -0.1) is 0 Å². The van der Waals surface area contributed by atoms with Crippen molar-refractivity contribution >= 4 is 11.9 Å². The van der Waals surface area contributed by atoms with E-state index in [1.165, 1.54) is 7.11 Å². The van der Waals surface area contributed by atoms with E-state index >= 15 is 0 Å². The minimum Gasteiger partial charge on any atom is -0.469 e. The number of ether oxygens (including phenoxy) is 1. The van der Waals surface area contributed by atoms with E-state index in [4.69, 9.17) is 10.5 Å². The van der Waals surface area contributed by atoms with Crippen LogP contribution in [0.3, 0.4) is 0 Å². The quantitative estimate of drug-likeness (QED) is 0.583. The van der Waals surface area contributed by atoms with Gasteiger partial charge in [0.2, 0.25) is 5.91 Å². The Morgan fingerprint density at radius 3 is 2.35 bits per heavy atom. The number of esters is 1. The molecule has 0 aromatic carbocycles. The van der Waals surface area contributed by atoms with E-state index in [0.29, 0.717) is 19.3 Å². The maximum atomic E-state index is 12.1. The van der Waals surface area contributed by atoms with E-state index in [2.05, 4.69) is 6.58 Å². The number of amides is 1. The molecule has 0 spiro atoms. The highest BCUT2D eigenvalue weighted by Crippen LogP contribution is 2.72. The Kier molecular flexibility index (Phi) is 2.23. The van der Waals surface area contributed by atoms with Crippen molar-refractivity contribution in [3.05, 3.63) is 12.2 Å². The van der Waals surface area contributed by atoms with Crippen molar-refractivity contribution in [3.8, 4) is 0 Å². The third-order valence-electron chi connectivity index (χ3n) is 5.16. The Bertz CT molecular complexity index is 426. The smallest absolute Gasteiger partial charge is 0.312 e. The summed E-state index contributed by atoms with van der Waals surface area (Å²) >= 11 is 0. The molecule has 2 saturated carbocycles. The summed E-state index contributed by atoms with van der Waals surface area (Å²) in [5.41, 5.74) is 4.54. The molecule has 2 atom stereocenters. The summed E-state index contributed by atoms with van der Waals surface area (Å²) in [6.07, 6.45) is 1.71. The lowest BCUT2D eigenvalue weighted by atomic mass is 9.61. The molecule has 2 fully saturated rings. The molecule has 2 rings (SSSR count). The molecule has 2 unspecified atom stereocenters. The zero-order valence-corrected chi connectivity index (χ0v) is 10.6. The average molecular weight is 237 g/mol. The monoisotopic (exact) mass is 237 g/mol. The third-order valence-corrected chi connectivity index (χ3v) is 5.16. The molecule has 17 heavy (non-hydrogen) atoms. The molecule has 4 heteroatoms. The Labute approximate surface area is 101 Å². The van der Waals surface area contributed by atoms with Gasteiger partial charge in [0.1, 0.15) is 0 Å². The summed E-state index contributed by atoms with van der Waals surface area (Å²) in [4.78, 5) is 23.8. The second-order valence-corrected chi connectivity index (χ2v) is 5.80. The molecule has 2 N–H and O–H groups in total. The molecule has 2 bridgehead atoms. The number of rotatable bonds is 2. The van der Waals surface area contributed by atoms with Gasteiger partial charge in [0.05, 0.1) is 17.9 Å². The molecule has 0 aromatic heterocycles. The maximum Gasteiger partial charge on any atom is 0.312 e. The predicted octanol–water partition coefficient (Wildman–Crippen LogP) is 1.40. The fourth-order valence-corrected chi connectivity index (χ4v) is 3.78. The van der Waals surface area contributed by atoms with Crippen LogP contribution in [0, 0.1) is 16.2 Å². The minimum atomic E-state index is -0.711. The summed E-state index contributed by atoms with van der Waals surface area (Å²) in [7, 11) is 1.39. The number of carbonyl (C=O) groups excluding carboxylic acids is 2. The van der Waals surface area contributed by atoms with Crippen LogP contribution in [0.4, 0.5) is 0 Å². The van der Waals surface area contributed by atoms with Crippen LogP contribution in [-0.4, -0.2) is 19.0 Å². The Morgan fingerprint density at radius 1 is 1.35 bits per heavy atom. The molecular weight excluding hydrogens is 218 g/mol. The lowest BCUT2D eigenvalue weighted by Crippen LogP contribution is -2.43. The molecular formula is C13H19NO3. The first-order valence-electron chi connectivity index (χ1n) is 5.83. The fourth-order valence-electron chi connectivity index (χ4n) is 3.78. The zero-order chi connectivity index (χ0) is 13.1. The van der Waals surface area contributed by atoms with Crippen molar-refractivity contribution in [2.24, 2.45) is 22.0 Å². The number of hydrogen-bond acceptors (Lipinski definition) is 3. The molecule has 94 valence electrons. The van der Waals surface area contributed by atoms with Gasteiger partial charge in [-0.05, 0) is 19.3 Å². The van der Waals surface area contributed by atoms with Crippen molar-refractivity contribution in [2.45, 2.75) is 33.1 Å². The SMILES string of the molecule is C=C1C2(C(N)=O)CCC(C(=O)OC)(C2)C1(C)C. The summed E-state index contributed by atoms with van der Waals surface area (Å²) in [6, 6.07) is 0. The minimum absolute atomic E-state index is 0.246. The van der Waals surface area contributed by atoms with Crippen LogP contribution < -0.4 is 5.73 Å². The predicted molar refractivity (Wildman–Crippen MR) is 62.8 cm³/mol. The first kappa shape index (κ1) is 12.1. The topological polar surface area (TPSA) is 69.4 Å². The number of nitrogens with two attached hydrogens (primary N) is 1. The van der Waals surface area contributed by atoms with Gasteiger partial charge in [0.25, 0.3) is 0 Å². The van der Waals surface area contributed by atoms with Gasteiger partial charge >= 0.3 is 5.97 Å². The van der Waals surface area contributed by atoms with Gasteiger partial charge in [-0.3, -0.25) is 9.59 Å². The van der Waals surface area contributed by atoms with Gasteiger partial charge in [-0.25, -0.2) is 0 Å². The normalized spacial score (nSPS) is 38.2.